The normalized spacial score (nSPS) is 12.7. The average molecular weight is 435 g/mol. The van der Waals surface area contributed by atoms with Crippen LogP contribution in [0.2, 0.25) is 0 Å². The number of nitriles is 1. The van der Waals surface area contributed by atoms with E-state index in [-0.39, 0.29) is 16.7 Å². The summed E-state index contributed by atoms with van der Waals surface area (Å²) in [6.45, 7) is 9.13. The predicted octanol–water partition coefficient (Wildman–Crippen LogP) is 4.98. The predicted molar refractivity (Wildman–Crippen MR) is 108 cm³/mol. The highest BCUT2D eigenvalue weighted by molar-refractivity contribution is 5.94. The molecule has 0 radical (unpaired) electrons. The third-order valence-electron chi connectivity index (χ3n) is 4.44. The third-order valence-corrected chi connectivity index (χ3v) is 4.44. The fourth-order valence-corrected chi connectivity index (χ4v) is 2.85. The maximum Gasteiger partial charge on any atom is 0.491 e. The van der Waals surface area contributed by atoms with Gasteiger partial charge in [-0.3, -0.25) is 4.68 Å². The largest absolute Gasteiger partial charge is 0.491 e. The number of hydrogen-bond donors (Lipinski definition) is 0. The number of carbonyl (C=O) groups is 1. The molecule has 1 aromatic carbocycles. The fourth-order valence-electron chi connectivity index (χ4n) is 2.85. The molecule has 0 saturated carbocycles. The van der Waals surface area contributed by atoms with E-state index in [1.807, 2.05) is 19.1 Å². The van der Waals surface area contributed by atoms with Crippen molar-refractivity contribution >= 4 is 17.3 Å². The van der Waals surface area contributed by atoms with Gasteiger partial charge in [0.1, 0.15) is 17.3 Å². The van der Waals surface area contributed by atoms with Gasteiger partial charge in [-0.1, -0.05) is 45.0 Å². The summed E-state index contributed by atoms with van der Waals surface area (Å²) >= 11 is 0. The lowest BCUT2D eigenvalue weighted by Crippen LogP contribution is -2.26. The third kappa shape index (κ3) is 5.87. The van der Waals surface area contributed by atoms with Gasteiger partial charge in [0.2, 0.25) is 6.79 Å². The van der Waals surface area contributed by atoms with Gasteiger partial charge >= 0.3 is 12.1 Å². The molecule has 0 spiro atoms. The number of benzene rings is 1. The molecule has 0 aliphatic heterocycles. The minimum atomic E-state index is -5.14. The van der Waals surface area contributed by atoms with Gasteiger partial charge in [0.05, 0.1) is 5.69 Å². The van der Waals surface area contributed by atoms with Crippen molar-refractivity contribution in [2.45, 2.75) is 52.8 Å². The molecular weight excluding hydrogens is 411 g/mol. The molecule has 0 bridgehead atoms. The van der Waals surface area contributed by atoms with Gasteiger partial charge in [-0.25, -0.2) is 4.79 Å². The van der Waals surface area contributed by atoms with E-state index in [1.54, 1.807) is 29.8 Å². The lowest BCUT2D eigenvalue weighted by atomic mass is 9.86. The minimum Gasteiger partial charge on any atom is -0.454 e. The Morgan fingerprint density at radius 3 is 2.26 bits per heavy atom. The Morgan fingerprint density at radius 2 is 1.77 bits per heavy atom. The number of allylic oxidation sites excluding steroid dienone is 1. The molecule has 31 heavy (non-hydrogen) atoms. The summed E-state index contributed by atoms with van der Waals surface area (Å²) in [6, 6.07) is 10.9. The number of rotatable bonds is 6. The van der Waals surface area contributed by atoms with Crippen molar-refractivity contribution in [2.24, 2.45) is 0 Å². The van der Waals surface area contributed by atoms with E-state index >= 15 is 0 Å². The summed E-state index contributed by atoms with van der Waals surface area (Å²) in [5.74, 6) is -2.40. The van der Waals surface area contributed by atoms with E-state index in [2.05, 4.69) is 36.7 Å². The average Bonchev–Trinajstić information content (AvgIpc) is 3.06. The van der Waals surface area contributed by atoms with Crippen LogP contribution < -0.4 is 0 Å². The Kier molecular flexibility index (Phi) is 7.16. The topological polar surface area (TPSA) is 77.1 Å². The molecule has 0 fully saturated rings. The summed E-state index contributed by atoms with van der Waals surface area (Å²) in [7, 11) is 0. The smallest absolute Gasteiger partial charge is 0.454 e. The lowest BCUT2D eigenvalue weighted by Gasteiger charge is -2.19. The van der Waals surface area contributed by atoms with Crippen molar-refractivity contribution in [1.82, 2.24) is 9.78 Å². The van der Waals surface area contributed by atoms with Gasteiger partial charge < -0.3 is 9.47 Å². The number of nitrogens with zero attached hydrogens (tertiary/aromatic N) is 3. The Morgan fingerprint density at radius 1 is 1.16 bits per heavy atom. The number of hydrogen-bond acceptors (Lipinski definition) is 5. The lowest BCUT2D eigenvalue weighted by molar-refractivity contribution is -0.206. The summed E-state index contributed by atoms with van der Waals surface area (Å²) in [5.41, 5.74) is 2.56. The van der Waals surface area contributed by atoms with E-state index in [0.29, 0.717) is 23.5 Å². The van der Waals surface area contributed by atoms with E-state index in [0.717, 1.165) is 5.56 Å². The number of halogens is 3. The van der Waals surface area contributed by atoms with Crippen LogP contribution in [-0.4, -0.2) is 28.7 Å². The Hall–Kier alpha value is -3.28. The first-order valence-corrected chi connectivity index (χ1v) is 9.55. The molecule has 9 heteroatoms. The van der Waals surface area contributed by atoms with Crippen LogP contribution in [0, 0.1) is 18.3 Å². The first-order chi connectivity index (χ1) is 14.4. The minimum absolute atomic E-state index is 0.0246. The molecule has 0 unspecified atom stereocenters. The van der Waals surface area contributed by atoms with Gasteiger partial charge in [0, 0.05) is 6.54 Å². The zero-order chi connectivity index (χ0) is 23.4. The zero-order valence-corrected chi connectivity index (χ0v) is 18.0. The van der Waals surface area contributed by atoms with E-state index < -0.39 is 18.9 Å². The second-order valence-corrected chi connectivity index (χ2v) is 7.82. The molecule has 1 aromatic heterocycles. The number of alkyl halides is 3. The van der Waals surface area contributed by atoms with Crippen LogP contribution in [0.15, 0.2) is 30.3 Å². The summed E-state index contributed by atoms with van der Waals surface area (Å²) in [5, 5.41) is 14.1. The van der Waals surface area contributed by atoms with Crippen LogP contribution >= 0.6 is 0 Å². The number of esters is 1. The number of aryl methyl sites for hydroxylation is 2. The number of carbonyl (C=O) groups excluding carboxylic acids is 1. The SMILES string of the molecule is CCn1nc(C)cc1/C(OCOC(=O)C(F)(F)F)=C(\C#N)c1ccc(C(C)(C)C)cc1. The van der Waals surface area contributed by atoms with Crippen LogP contribution in [0.5, 0.6) is 0 Å². The summed E-state index contributed by atoms with van der Waals surface area (Å²) in [6.07, 6.45) is -5.14. The van der Waals surface area contributed by atoms with Crippen molar-refractivity contribution in [3.8, 4) is 6.07 Å². The first-order valence-electron chi connectivity index (χ1n) is 9.55. The van der Waals surface area contributed by atoms with E-state index in [9.17, 15) is 23.2 Å². The molecule has 2 rings (SSSR count). The Labute approximate surface area is 178 Å². The van der Waals surface area contributed by atoms with Gasteiger partial charge in [0.25, 0.3) is 0 Å². The first kappa shape index (κ1) is 24.0. The highest BCUT2D eigenvalue weighted by Crippen LogP contribution is 2.30. The van der Waals surface area contributed by atoms with Gasteiger partial charge in [-0.15, -0.1) is 0 Å². The van der Waals surface area contributed by atoms with E-state index in [1.165, 1.54) is 0 Å². The van der Waals surface area contributed by atoms with Gasteiger partial charge in [-0.05, 0) is 36.5 Å². The molecule has 0 atom stereocenters. The molecule has 0 aliphatic carbocycles. The fraction of sp³-hybridized carbons (Fsp3) is 0.409. The van der Waals surface area contributed by atoms with Crippen LogP contribution in [0.3, 0.4) is 0 Å². The second-order valence-electron chi connectivity index (χ2n) is 7.82. The van der Waals surface area contributed by atoms with E-state index in [4.69, 9.17) is 4.74 Å². The standard InChI is InChI=1S/C22H24F3N3O3/c1-6-28-18(11-14(2)27-28)19(30-13-31-20(29)22(23,24)25)17(12-26)15-7-9-16(10-8-15)21(3,4)5/h7-11H,6,13H2,1-5H3/b19-17-. The van der Waals surface area contributed by atoms with Gasteiger partial charge in [0.15, 0.2) is 5.76 Å². The van der Waals surface area contributed by atoms with Crippen LogP contribution in [0.4, 0.5) is 13.2 Å². The Balaban J connectivity index is 2.51. The van der Waals surface area contributed by atoms with Crippen LogP contribution in [0.25, 0.3) is 11.3 Å². The molecule has 0 saturated heterocycles. The van der Waals surface area contributed by atoms with Crippen LogP contribution in [0.1, 0.15) is 50.2 Å². The highest BCUT2D eigenvalue weighted by Gasteiger charge is 2.41. The molecule has 2 aromatic rings. The Bertz CT molecular complexity index is 1010. The van der Waals surface area contributed by atoms with Gasteiger partial charge in [-0.2, -0.15) is 23.5 Å². The van der Waals surface area contributed by atoms with Crippen LogP contribution in [-0.2, 0) is 26.2 Å². The molecule has 6 nitrogen and oxygen atoms in total. The van der Waals surface area contributed by atoms with Crippen molar-refractivity contribution in [1.29, 1.82) is 5.26 Å². The maximum absolute atomic E-state index is 12.4. The molecule has 166 valence electrons. The van der Waals surface area contributed by atoms with Crippen molar-refractivity contribution < 1.29 is 27.4 Å². The molecule has 1 heterocycles. The zero-order valence-electron chi connectivity index (χ0n) is 18.0. The van der Waals surface area contributed by atoms with Crippen molar-refractivity contribution in [3.05, 3.63) is 52.8 Å². The molecule has 0 N–H and O–H groups in total. The number of ether oxygens (including phenoxy) is 2. The van der Waals surface area contributed by atoms with Crippen molar-refractivity contribution in [2.75, 3.05) is 6.79 Å². The monoisotopic (exact) mass is 435 g/mol. The summed E-state index contributed by atoms with van der Waals surface area (Å²) in [4.78, 5) is 11.0. The second kappa shape index (κ2) is 9.25. The maximum atomic E-state index is 12.4. The number of aromatic nitrogens is 2. The molecule has 0 aliphatic rings. The highest BCUT2D eigenvalue weighted by atomic mass is 19.4. The summed E-state index contributed by atoms with van der Waals surface area (Å²) < 4.78 is 48.4. The molecule has 0 amide bonds. The quantitative estimate of drug-likeness (QED) is 0.277. The van der Waals surface area contributed by atoms with Crippen molar-refractivity contribution in [3.63, 3.8) is 0 Å². The molecular formula is C22H24F3N3O3.